The monoisotopic (exact) mass is 141 g/mol. The molecule has 0 aromatic heterocycles. The molecule has 1 saturated heterocycles. The van der Waals surface area contributed by atoms with Gasteiger partial charge in [-0.1, -0.05) is 20.3 Å². The van der Waals surface area contributed by atoms with Crippen LogP contribution < -0.4 is 5.32 Å². The van der Waals surface area contributed by atoms with Crippen molar-refractivity contribution in [1.29, 1.82) is 0 Å². The van der Waals surface area contributed by atoms with Crippen LogP contribution >= 0.6 is 0 Å². The zero-order chi connectivity index (χ0) is 7.61. The van der Waals surface area contributed by atoms with E-state index in [9.17, 15) is 0 Å². The second-order valence-corrected chi connectivity index (χ2v) is 4.34. The lowest BCUT2D eigenvalue weighted by atomic mass is 9.88. The molecule has 0 saturated carbocycles. The van der Waals surface area contributed by atoms with Crippen molar-refractivity contribution in [3.63, 3.8) is 0 Å². The molecule has 1 aliphatic rings. The molecule has 1 rings (SSSR count). The maximum atomic E-state index is 3.53. The molecule has 0 aromatic carbocycles. The zero-order valence-electron chi connectivity index (χ0n) is 7.41. The van der Waals surface area contributed by atoms with Gasteiger partial charge in [0, 0.05) is 12.6 Å². The van der Waals surface area contributed by atoms with E-state index in [0.717, 1.165) is 6.04 Å². The highest BCUT2D eigenvalue weighted by Crippen LogP contribution is 2.25. The Morgan fingerprint density at radius 1 is 1.40 bits per heavy atom. The normalized spacial score (nSPS) is 33.3. The Kier molecular flexibility index (Phi) is 2.35. The van der Waals surface area contributed by atoms with Crippen molar-refractivity contribution in [2.45, 2.75) is 46.1 Å². The number of hydrogen-bond acceptors (Lipinski definition) is 1. The molecule has 0 aromatic rings. The van der Waals surface area contributed by atoms with Gasteiger partial charge in [0.1, 0.15) is 0 Å². The van der Waals surface area contributed by atoms with Crippen molar-refractivity contribution in [2.24, 2.45) is 5.41 Å². The van der Waals surface area contributed by atoms with Crippen molar-refractivity contribution in [3.8, 4) is 0 Å². The van der Waals surface area contributed by atoms with Crippen LogP contribution in [0.25, 0.3) is 0 Å². The van der Waals surface area contributed by atoms with Crippen LogP contribution in [0.2, 0.25) is 0 Å². The van der Waals surface area contributed by atoms with E-state index in [1.165, 1.54) is 25.8 Å². The predicted molar refractivity (Wildman–Crippen MR) is 45.1 cm³/mol. The second-order valence-electron chi connectivity index (χ2n) is 4.34. The molecular weight excluding hydrogens is 122 g/mol. The second kappa shape index (κ2) is 2.91. The van der Waals surface area contributed by atoms with Crippen LogP contribution in [0.5, 0.6) is 0 Å². The van der Waals surface area contributed by atoms with E-state index in [-0.39, 0.29) is 0 Å². The molecule has 1 heterocycles. The van der Waals surface area contributed by atoms with Gasteiger partial charge in [-0.25, -0.2) is 0 Å². The largest absolute Gasteiger partial charge is 0.314 e. The summed E-state index contributed by atoms with van der Waals surface area (Å²) in [5.74, 6) is 0. The lowest BCUT2D eigenvalue weighted by Crippen LogP contribution is -2.31. The fraction of sp³-hybridized carbons (Fsp3) is 1.00. The summed E-state index contributed by atoms with van der Waals surface area (Å²) in [5, 5.41) is 3.53. The molecule has 1 aliphatic heterocycles. The molecule has 1 N–H and O–H groups in total. The zero-order valence-corrected chi connectivity index (χ0v) is 7.41. The van der Waals surface area contributed by atoms with E-state index in [1.54, 1.807) is 0 Å². The van der Waals surface area contributed by atoms with Crippen LogP contribution in [0, 0.1) is 5.41 Å². The maximum Gasteiger partial charge on any atom is 0.00389 e. The van der Waals surface area contributed by atoms with Gasteiger partial charge < -0.3 is 5.32 Å². The van der Waals surface area contributed by atoms with Gasteiger partial charge in [-0.05, 0) is 25.2 Å². The summed E-state index contributed by atoms with van der Waals surface area (Å²) in [6.45, 7) is 8.16. The van der Waals surface area contributed by atoms with Crippen molar-refractivity contribution in [1.82, 2.24) is 5.32 Å². The molecule has 60 valence electrons. The number of hydrogen-bond donors (Lipinski definition) is 1. The van der Waals surface area contributed by atoms with Crippen LogP contribution in [-0.4, -0.2) is 12.6 Å². The summed E-state index contributed by atoms with van der Waals surface area (Å²) >= 11 is 0. The first-order valence-electron chi connectivity index (χ1n) is 4.33. The highest BCUT2D eigenvalue weighted by Gasteiger charge is 2.21. The minimum atomic E-state index is 0.532. The van der Waals surface area contributed by atoms with E-state index in [1.807, 2.05) is 0 Å². The first-order chi connectivity index (χ1) is 4.60. The molecule has 10 heavy (non-hydrogen) atoms. The summed E-state index contributed by atoms with van der Waals surface area (Å²) in [6, 6.07) is 0.738. The average molecular weight is 141 g/mol. The fourth-order valence-electron chi connectivity index (χ4n) is 1.53. The fourth-order valence-corrected chi connectivity index (χ4v) is 1.53. The Morgan fingerprint density at radius 2 is 2.10 bits per heavy atom. The summed E-state index contributed by atoms with van der Waals surface area (Å²) in [5.41, 5.74) is 0.532. The van der Waals surface area contributed by atoms with Crippen molar-refractivity contribution in [2.75, 3.05) is 6.54 Å². The minimum Gasteiger partial charge on any atom is -0.314 e. The van der Waals surface area contributed by atoms with Gasteiger partial charge in [-0.2, -0.15) is 0 Å². The Balaban J connectivity index is 2.41. The highest BCUT2D eigenvalue weighted by atomic mass is 14.9. The third kappa shape index (κ3) is 2.30. The van der Waals surface area contributed by atoms with E-state index < -0.39 is 0 Å². The Morgan fingerprint density at radius 3 is 2.80 bits per heavy atom. The van der Waals surface area contributed by atoms with Gasteiger partial charge in [-0.3, -0.25) is 0 Å². The Hall–Kier alpha value is -0.0400. The first-order valence-corrected chi connectivity index (χ1v) is 4.33. The standard InChI is InChI=1S/C9H19N/c1-8-5-4-6-9(2,3)7-10-8/h8,10H,4-7H2,1-3H3. The van der Waals surface area contributed by atoms with Gasteiger partial charge in [0.2, 0.25) is 0 Å². The molecule has 0 bridgehead atoms. The van der Waals surface area contributed by atoms with E-state index in [0.29, 0.717) is 5.41 Å². The lowest BCUT2D eigenvalue weighted by molar-refractivity contribution is 0.331. The summed E-state index contributed by atoms with van der Waals surface area (Å²) in [7, 11) is 0. The van der Waals surface area contributed by atoms with Crippen LogP contribution in [0.3, 0.4) is 0 Å². The topological polar surface area (TPSA) is 12.0 Å². The van der Waals surface area contributed by atoms with Crippen molar-refractivity contribution < 1.29 is 0 Å². The van der Waals surface area contributed by atoms with E-state index >= 15 is 0 Å². The number of nitrogens with one attached hydrogen (secondary N) is 1. The quantitative estimate of drug-likeness (QED) is 0.545. The molecule has 0 radical (unpaired) electrons. The summed E-state index contributed by atoms with van der Waals surface area (Å²) in [4.78, 5) is 0. The molecule has 1 atom stereocenters. The maximum absolute atomic E-state index is 3.53. The highest BCUT2D eigenvalue weighted by molar-refractivity contribution is 4.78. The van der Waals surface area contributed by atoms with E-state index in [4.69, 9.17) is 0 Å². The molecule has 1 heteroatoms. The lowest BCUT2D eigenvalue weighted by Gasteiger charge is -2.22. The molecule has 0 aliphatic carbocycles. The Bertz CT molecular complexity index is 107. The van der Waals surface area contributed by atoms with Crippen molar-refractivity contribution >= 4 is 0 Å². The third-order valence-corrected chi connectivity index (χ3v) is 2.42. The van der Waals surface area contributed by atoms with Crippen molar-refractivity contribution in [3.05, 3.63) is 0 Å². The molecule has 0 spiro atoms. The summed E-state index contributed by atoms with van der Waals surface area (Å²) < 4.78 is 0. The SMILES string of the molecule is CC1CCCC(C)(C)CN1. The number of rotatable bonds is 0. The smallest absolute Gasteiger partial charge is 0.00389 e. The third-order valence-electron chi connectivity index (χ3n) is 2.42. The van der Waals surface area contributed by atoms with Crippen LogP contribution in [0.15, 0.2) is 0 Å². The molecule has 1 fully saturated rings. The predicted octanol–water partition coefficient (Wildman–Crippen LogP) is 2.17. The van der Waals surface area contributed by atoms with Gasteiger partial charge >= 0.3 is 0 Å². The van der Waals surface area contributed by atoms with Gasteiger partial charge in [0.25, 0.3) is 0 Å². The molecular formula is C9H19N. The molecule has 1 unspecified atom stereocenters. The van der Waals surface area contributed by atoms with Gasteiger partial charge in [0.15, 0.2) is 0 Å². The minimum absolute atomic E-state index is 0.532. The van der Waals surface area contributed by atoms with Gasteiger partial charge in [-0.15, -0.1) is 0 Å². The first kappa shape index (κ1) is 8.06. The van der Waals surface area contributed by atoms with Gasteiger partial charge in [0.05, 0.1) is 0 Å². The average Bonchev–Trinajstić information content (AvgIpc) is 1.94. The van der Waals surface area contributed by atoms with Crippen LogP contribution in [0.1, 0.15) is 40.0 Å². The molecule has 1 nitrogen and oxygen atoms in total. The van der Waals surface area contributed by atoms with E-state index in [2.05, 4.69) is 26.1 Å². The Labute approximate surface area is 64.2 Å². The van der Waals surface area contributed by atoms with Crippen LogP contribution in [0.4, 0.5) is 0 Å². The van der Waals surface area contributed by atoms with Crippen LogP contribution in [-0.2, 0) is 0 Å². The molecule has 0 amide bonds. The summed E-state index contributed by atoms with van der Waals surface area (Å²) in [6.07, 6.45) is 4.12.